The van der Waals surface area contributed by atoms with Gasteiger partial charge in [-0.15, -0.1) is 0 Å². The van der Waals surface area contributed by atoms with Crippen molar-refractivity contribution in [2.24, 2.45) is 0 Å². The summed E-state index contributed by atoms with van der Waals surface area (Å²) in [4.78, 5) is 11.7. The number of carbonyl (C=O) groups is 1. The van der Waals surface area contributed by atoms with Crippen molar-refractivity contribution in [3.63, 3.8) is 0 Å². The molecule has 0 N–H and O–H groups in total. The van der Waals surface area contributed by atoms with Crippen LogP contribution < -0.4 is 0 Å². The van der Waals surface area contributed by atoms with E-state index in [2.05, 4.69) is 0 Å². The van der Waals surface area contributed by atoms with Crippen molar-refractivity contribution >= 4 is 5.78 Å². The standard InChI is InChI=1S/C15H12F2O/c16-15(17)10-8-12(9-11-15)6-7-14(18)13-4-2-1-3-5-13/h1-10H,11H2. The third-order valence-corrected chi connectivity index (χ3v) is 2.62. The fourth-order valence-corrected chi connectivity index (χ4v) is 1.60. The highest BCUT2D eigenvalue weighted by Crippen LogP contribution is 2.26. The van der Waals surface area contributed by atoms with Crippen LogP contribution in [-0.2, 0) is 0 Å². The van der Waals surface area contributed by atoms with Gasteiger partial charge < -0.3 is 0 Å². The van der Waals surface area contributed by atoms with Gasteiger partial charge in [0.05, 0.1) is 0 Å². The number of halogens is 2. The molecule has 92 valence electrons. The first-order chi connectivity index (χ1) is 8.57. The molecule has 0 unspecified atom stereocenters. The van der Waals surface area contributed by atoms with Gasteiger partial charge in [0.15, 0.2) is 5.78 Å². The zero-order valence-corrected chi connectivity index (χ0v) is 9.64. The van der Waals surface area contributed by atoms with Crippen LogP contribution in [0, 0.1) is 0 Å². The van der Waals surface area contributed by atoms with Crippen molar-refractivity contribution in [1.82, 2.24) is 0 Å². The summed E-state index contributed by atoms with van der Waals surface area (Å²) in [6.45, 7) is 0. The molecule has 0 aliphatic heterocycles. The van der Waals surface area contributed by atoms with E-state index in [-0.39, 0.29) is 12.2 Å². The summed E-state index contributed by atoms with van der Waals surface area (Å²) in [5.41, 5.74) is 1.21. The van der Waals surface area contributed by atoms with E-state index >= 15 is 0 Å². The number of benzene rings is 1. The van der Waals surface area contributed by atoms with Crippen molar-refractivity contribution in [2.75, 3.05) is 0 Å². The molecule has 0 saturated heterocycles. The monoisotopic (exact) mass is 246 g/mol. The number of allylic oxidation sites excluding steroid dienone is 6. The highest BCUT2D eigenvalue weighted by molar-refractivity contribution is 6.04. The quantitative estimate of drug-likeness (QED) is 0.583. The first-order valence-corrected chi connectivity index (χ1v) is 5.61. The molecule has 1 aromatic rings. The highest BCUT2D eigenvalue weighted by atomic mass is 19.3. The van der Waals surface area contributed by atoms with Gasteiger partial charge in [0.25, 0.3) is 5.92 Å². The third-order valence-electron chi connectivity index (χ3n) is 2.62. The van der Waals surface area contributed by atoms with Gasteiger partial charge in [-0.3, -0.25) is 4.79 Å². The van der Waals surface area contributed by atoms with Crippen molar-refractivity contribution in [2.45, 2.75) is 12.3 Å². The van der Waals surface area contributed by atoms with Crippen molar-refractivity contribution < 1.29 is 13.6 Å². The molecule has 0 fully saturated rings. The molecule has 0 spiro atoms. The molecule has 0 atom stereocenters. The minimum absolute atomic E-state index is 0.137. The van der Waals surface area contributed by atoms with E-state index in [0.717, 1.165) is 6.08 Å². The fraction of sp³-hybridized carbons (Fsp3) is 0.133. The highest BCUT2D eigenvalue weighted by Gasteiger charge is 2.25. The number of ketones is 1. The first-order valence-electron chi connectivity index (χ1n) is 5.61. The number of alkyl halides is 2. The number of carbonyl (C=O) groups excluding carboxylic acids is 1. The Balaban J connectivity index is 2.03. The van der Waals surface area contributed by atoms with Crippen LogP contribution in [0.2, 0.25) is 0 Å². The van der Waals surface area contributed by atoms with Crippen LogP contribution in [0.4, 0.5) is 8.78 Å². The van der Waals surface area contributed by atoms with Gasteiger partial charge in [-0.25, -0.2) is 8.78 Å². The third kappa shape index (κ3) is 3.23. The van der Waals surface area contributed by atoms with Gasteiger partial charge in [0.2, 0.25) is 0 Å². The van der Waals surface area contributed by atoms with Crippen LogP contribution >= 0.6 is 0 Å². The minimum atomic E-state index is -2.76. The lowest BCUT2D eigenvalue weighted by atomic mass is 10.0. The Bertz CT molecular complexity index is 525. The molecule has 0 aromatic heterocycles. The van der Waals surface area contributed by atoms with E-state index in [1.54, 1.807) is 30.3 Å². The first kappa shape index (κ1) is 12.4. The second kappa shape index (κ2) is 5.08. The number of rotatable bonds is 3. The van der Waals surface area contributed by atoms with E-state index in [9.17, 15) is 13.6 Å². The van der Waals surface area contributed by atoms with E-state index in [0.29, 0.717) is 11.1 Å². The van der Waals surface area contributed by atoms with Gasteiger partial charge in [-0.2, -0.15) is 0 Å². The summed E-state index contributed by atoms with van der Waals surface area (Å²) >= 11 is 0. The van der Waals surface area contributed by atoms with Crippen molar-refractivity contribution in [1.29, 1.82) is 0 Å². The summed E-state index contributed by atoms with van der Waals surface area (Å²) in [7, 11) is 0. The Labute approximate surface area is 104 Å². The molecule has 0 amide bonds. The SMILES string of the molecule is O=C(C=CC1=CCC(F)(F)C=C1)c1ccccc1. The largest absolute Gasteiger partial charge is 0.289 e. The second-order valence-corrected chi connectivity index (χ2v) is 4.07. The maximum absolute atomic E-state index is 12.8. The summed E-state index contributed by atoms with van der Waals surface area (Å²) in [5, 5.41) is 0. The average Bonchev–Trinajstić information content (AvgIpc) is 2.38. The van der Waals surface area contributed by atoms with Crippen LogP contribution in [0.15, 0.2) is 66.3 Å². The van der Waals surface area contributed by atoms with Gasteiger partial charge in [0, 0.05) is 12.0 Å². The molecule has 0 radical (unpaired) electrons. The van der Waals surface area contributed by atoms with E-state index in [4.69, 9.17) is 0 Å². The van der Waals surface area contributed by atoms with E-state index in [1.807, 2.05) is 6.07 Å². The molecule has 1 aromatic carbocycles. The lowest BCUT2D eigenvalue weighted by Gasteiger charge is -2.13. The van der Waals surface area contributed by atoms with Gasteiger partial charge in [0.1, 0.15) is 0 Å². The minimum Gasteiger partial charge on any atom is -0.289 e. The topological polar surface area (TPSA) is 17.1 Å². The van der Waals surface area contributed by atoms with E-state index in [1.165, 1.54) is 18.2 Å². The van der Waals surface area contributed by atoms with Gasteiger partial charge in [-0.05, 0) is 17.7 Å². The predicted octanol–water partition coefficient (Wildman–Crippen LogP) is 3.95. The lowest BCUT2D eigenvalue weighted by molar-refractivity contribution is 0.0573. The molecule has 1 aliphatic rings. The molecule has 0 saturated carbocycles. The normalized spacial score (nSPS) is 17.8. The Hall–Kier alpha value is -2.03. The maximum Gasteiger partial charge on any atom is 0.270 e. The lowest BCUT2D eigenvalue weighted by Crippen LogP contribution is -2.12. The Morgan fingerprint density at radius 2 is 1.94 bits per heavy atom. The molecule has 0 heterocycles. The van der Waals surface area contributed by atoms with Crippen LogP contribution in [0.1, 0.15) is 16.8 Å². The van der Waals surface area contributed by atoms with Crippen LogP contribution in [0.3, 0.4) is 0 Å². The van der Waals surface area contributed by atoms with Crippen molar-refractivity contribution in [3.05, 3.63) is 71.8 Å². The number of hydrogen-bond acceptors (Lipinski definition) is 1. The second-order valence-electron chi connectivity index (χ2n) is 4.07. The van der Waals surface area contributed by atoms with E-state index < -0.39 is 5.92 Å². The molecule has 1 nitrogen and oxygen atoms in total. The summed E-state index contributed by atoms with van der Waals surface area (Å²) in [6, 6.07) is 8.82. The summed E-state index contributed by atoms with van der Waals surface area (Å²) in [5.74, 6) is -2.90. The molecular weight excluding hydrogens is 234 g/mol. The molecule has 0 bridgehead atoms. The fourth-order valence-electron chi connectivity index (χ4n) is 1.60. The zero-order valence-electron chi connectivity index (χ0n) is 9.64. The molecule has 18 heavy (non-hydrogen) atoms. The molecule has 2 rings (SSSR count). The van der Waals surface area contributed by atoms with Gasteiger partial charge >= 0.3 is 0 Å². The predicted molar refractivity (Wildman–Crippen MR) is 66.7 cm³/mol. The maximum atomic E-state index is 12.8. The summed E-state index contributed by atoms with van der Waals surface area (Å²) < 4.78 is 25.6. The smallest absolute Gasteiger partial charge is 0.270 e. The number of hydrogen-bond donors (Lipinski definition) is 0. The van der Waals surface area contributed by atoms with Crippen molar-refractivity contribution in [3.8, 4) is 0 Å². The molecule has 1 aliphatic carbocycles. The Kier molecular flexibility index (Phi) is 3.51. The molecule has 3 heteroatoms. The summed E-state index contributed by atoms with van der Waals surface area (Å²) in [6.07, 6.45) is 6.26. The Morgan fingerprint density at radius 3 is 2.56 bits per heavy atom. The van der Waals surface area contributed by atoms with Crippen LogP contribution in [0.25, 0.3) is 0 Å². The Morgan fingerprint density at radius 1 is 1.22 bits per heavy atom. The van der Waals surface area contributed by atoms with Gasteiger partial charge in [-0.1, -0.05) is 48.6 Å². The van der Waals surface area contributed by atoms with Crippen LogP contribution in [0.5, 0.6) is 0 Å². The average molecular weight is 246 g/mol. The molecular formula is C15H12F2O. The van der Waals surface area contributed by atoms with Crippen LogP contribution in [-0.4, -0.2) is 11.7 Å². The zero-order chi connectivity index (χ0) is 13.0.